The van der Waals surface area contributed by atoms with E-state index in [0.717, 1.165) is 12.8 Å². The van der Waals surface area contributed by atoms with Crippen LogP contribution in [0.3, 0.4) is 0 Å². The molecule has 5 nitrogen and oxygen atoms in total. The number of carbonyl (C=O) groups excluding carboxylic acids is 1. The number of ether oxygens (including phenoxy) is 3. The molecule has 1 rings (SSSR count). The molecule has 21 heavy (non-hydrogen) atoms. The van der Waals surface area contributed by atoms with Crippen molar-refractivity contribution in [2.45, 2.75) is 84.3 Å². The molecule has 3 atom stereocenters. The summed E-state index contributed by atoms with van der Waals surface area (Å²) in [6.45, 7) is 12.5. The molecular weight excluding hydrogens is 270 g/mol. The highest BCUT2D eigenvalue weighted by Crippen LogP contribution is 2.23. The smallest absolute Gasteiger partial charge is 0.328 e. The van der Waals surface area contributed by atoms with Crippen molar-refractivity contribution >= 4 is 5.97 Å². The van der Waals surface area contributed by atoms with Gasteiger partial charge >= 0.3 is 5.97 Å². The fourth-order valence-electron chi connectivity index (χ4n) is 2.85. The van der Waals surface area contributed by atoms with Crippen molar-refractivity contribution in [2.24, 2.45) is 0 Å². The zero-order valence-corrected chi connectivity index (χ0v) is 14.3. The third-order valence-corrected chi connectivity index (χ3v) is 3.60. The van der Waals surface area contributed by atoms with Gasteiger partial charge in [-0.05, 0) is 54.4 Å². The highest BCUT2D eigenvalue weighted by atomic mass is 16.5. The Kier molecular flexibility index (Phi) is 7.10. The van der Waals surface area contributed by atoms with Crippen LogP contribution in [0.15, 0.2) is 0 Å². The number of rotatable bonds is 7. The lowest BCUT2D eigenvalue weighted by atomic mass is 10.00. The summed E-state index contributed by atoms with van der Waals surface area (Å²) in [7, 11) is 0. The predicted octanol–water partition coefficient (Wildman–Crippen LogP) is 2.28. The fraction of sp³-hybridized carbons (Fsp3) is 0.938. The lowest BCUT2D eigenvalue weighted by Gasteiger charge is -2.36. The zero-order valence-electron chi connectivity index (χ0n) is 14.3. The first kappa shape index (κ1) is 18.4. The highest BCUT2D eigenvalue weighted by molar-refractivity contribution is 5.80. The maximum absolute atomic E-state index is 12.2. The Balaban J connectivity index is 2.62. The minimum atomic E-state index is -0.811. The number of esters is 1. The van der Waals surface area contributed by atoms with Crippen LogP contribution in [-0.2, 0) is 19.0 Å². The second kappa shape index (κ2) is 8.11. The van der Waals surface area contributed by atoms with Crippen LogP contribution in [0.25, 0.3) is 0 Å². The molecule has 1 aliphatic rings. The average molecular weight is 301 g/mol. The largest absolute Gasteiger partial charge is 0.465 e. The van der Waals surface area contributed by atoms with E-state index in [0.29, 0.717) is 13.2 Å². The SMILES string of the molecule is CCOC(=O)C(C)(COC1CC(C)OC(C)C1)NC(C)C. The van der Waals surface area contributed by atoms with Crippen molar-refractivity contribution < 1.29 is 19.0 Å². The second-order valence-corrected chi connectivity index (χ2v) is 6.51. The van der Waals surface area contributed by atoms with Gasteiger partial charge in [0.05, 0.1) is 31.5 Å². The zero-order chi connectivity index (χ0) is 16.0. The molecule has 124 valence electrons. The van der Waals surface area contributed by atoms with Crippen molar-refractivity contribution in [3.63, 3.8) is 0 Å². The van der Waals surface area contributed by atoms with E-state index in [1.165, 1.54) is 0 Å². The molecule has 0 radical (unpaired) electrons. The first-order valence-electron chi connectivity index (χ1n) is 7.98. The highest BCUT2D eigenvalue weighted by Gasteiger charge is 2.37. The van der Waals surface area contributed by atoms with Crippen LogP contribution in [0, 0.1) is 0 Å². The number of hydrogen-bond donors (Lipinski definition) is 1. The van der Waals surface area contributed by atoms with Gasteiger partial charge in [-0.25, -0.2) is 4.79 Å². The molecule has 0 bridgehead atoms. The molecule has 0 spiro atoms. The summed E-state index contributed by atoms with van der Waals surface area (Å²) in [4.78, 5) is 12.2. The van der Waals surface area contributed by atoms with Gasteiger partial charge < -0.3 is 14.2 Å². The number of carbonyl (C=O) groups is 1. The Hall–Kier alpha value is -0.650. The third kappa shape index (κ3) is 5.93. The molecule has 0 amide bonds. The van der Waals surface area contributed by atoms with E-state index in [-0.39, 0.29) is 30.3 Å². The number of nitrogens with one attached hydrogen (secondary N) is 1. The van der Waals surface area contributed by atoms with Crippen LogP contribution in [0.5, 0.6) is 0 Å². The quantitative estimate of drug-likeness (QED) is 0.731. The van der Waals surface area contributed by atoms with Gasteiger partial charge in [-0.15, -0.1) is 0 Å². The predicted molar refractivity (Wildman–Crippen MR) is 82.3 cm³/mol. The van der Waals surface area contributed by atoms with Gasteiger partial charge in [0.25, 0.3) is 0 Å². The van der Waals surface area contributed by atoms with Gasteiger partial charge in [0, 0.05) is 6.04 Å². The summed E-state index contributed by atoms with van der Waals surface area (Å²) in [6.07, 6.45) is 2.26. The van der Waals surface area contributed by atoms with Crippen LogP contribution in [0.2, 0.25) is 0 Å². The van der Waals surface area contributed by atoms with Gasteiger partial charge in [-0.1, -0.05) is 0 Å². The monoisotopic (exact) mass is 301 g/mol. The minimum Gasteiger partial charge on any atom is -0.465 e. The van der Waals surface area contributed by atoms with Gasteiger partial charge in [-0.2, -0.15) is 0 Å². The normalized spacial score (nSPS) is 29.2. The molecule has 0 saturated carbocycles. The van der Waals surface area contributed by atoms with Crippen LogP contribution < -0.4 is 5.32 Å². The van der Waals surface area contributed by atoms with E-state index in [1.807, 2.05) is 27.7 Å². The molecule has 1 fully saturated rings. The van der Waals surface area contributed by atoms with Gasteiger partial charge in [0.1, 0.15) is 5.54 Å². The lowest BCUT2D eigenvalue weighted by molar-refractivity contribution is -0.157. The summed E-state index contributed by atoms with van der Waals surface area (Å²) < 4.78 is 16.9. The molecule has 5 heteroatoms. The number of hydrogen-bond acceptors (Lipinski definition) is 5. The van der Waals surface area contributed by atoms with Crippen molar-refractivity contribution in [3.8, 4) is 0 Å². The summed E-state index contributed by atoms with van der Waals surface area (Å²) in [5.41, 5.74) is -0.811. The van der Waals surface area contributed by atoms with Crippen molar-refractivity contribution in [3.05, 3.63) is 0 Å². The molecule has 0 aliphatic carbocycles. The summed E-state index contributed by atoms with van der Waals surface area (Å²) in [5.74, 6) is -0.258. The Labute approximate surface area is 128 Å². The van der Waals surface area contributed by atoms with E-state index >= 15 is 0 Å². The minimum absolute atomic E-state index is 0.131. The first-order valence-corrected chi connectivity index (χ1v) is 7.98. The molecule has 1 saturated heterocycles. The molecule has 0 aromatic heterocycles. The standard InChI is InChI=1S/C16H31NO4/c1-7-19-15(18)16(6,17-11(2)3)10-20-14-8-12(4)21-13(5)9-14/h11-14,17H,7-10H2,1-6H3. The van der Waals surface area contributed by atoms with Gasteiger partial charge in [-0.3, -0.25) is 5.32 Å². The van der Waals surface area contributed by atoms with Crippen LogP contribution in [-0.4, -0.2) is 49.1 Å². The Morgan fingerprint density at radius 1 is 1.33 bits per heavy atom. The van der Waals surface area contributed by atoms with Crippen molar-refractivity contribution in [1.82, 2.24) is 5.32 Å². The van der Waals surface area contributed by atoms with Gasteiger partial charge in [0.2, 0.25) is 0 Å². The molecule has 0 aromatic carbocycles. The molecule has 0 aromatic rings. The van der Waals surface area contributed by atoms with Crippen LogP contribution >= 0.6 is 0 Å². The van der Waals surface area contributed by atoms with E-state index in [2.05, 4.69) is 19.2 Å². The maximum Gasteiger partial charge on any atom is 0.328 e. The van der Waals surface area contributed by atoms with Crippen molar-refractivity contribution in [1.29, 1.82) is 0 Å². The Morgan fingerprint density at radius 2 is 1.90 bits per heavy atom. The van der Waals surface area contributed by atoms with Crippen LogP contribution in [0.4, 0.5) is 0 Å². The Morgan fingerprint density at radius 3 is 2.38 bits per heavy atom. The molecule has 1 heterocycles. The molecular formula is C16H31NO4. The summed E-state index contributed by atoms with van der Waals surface area (Å²) in [5, 5.41) is 3.27. The van der Waals surface area contributed by atoms with E-state index < -0.39 is 5.54 Å². The summed E-state index contributed by atoms with van der Waals surface area (Å²) >= 11 is 0. The van der Waals surface area contributed by atoms with Gasteiger partial charge in [0.15, 0.2) is 0 Å². The molecule has 3 unspecified atom stereocenters. The molecule has 1 N–H and O–H groups in total. The fourth-order valence-corrected chi connectivity index (χ4v) is 2.85. The molecule has 1 aliphatic heterocycles. The summed E-state index contributed by atoms with van der Waals surface area (Å²) in [6, 6.07) is 0.176. The second-order valence-electron chi connectivity index (χ2n) is 6.51. The van der Waals surface area contributed by atoms with Crippen molar-refractivity contribution in [2.75, 3.05) is 13.2 Å². The van der Waals surface area contributed by atoms with E-state index in [9.17, 15) is 4.79 Å². The van der Waals surface area contributed by atoms with E-state index in [4.69, 9.17) is 14.2 Å². The lowest BCUT2D eigenvalue weighted by Crippen LogP contribution is -2.57. The van der Waals surface area contributed by atoms with Crippen LogP contribution in [0.1, 0.15) is 54.4 Å². The average Bonchev–Trinajstić information content (AvgIpc) is 2.35. The third-order valence-electron chi connectivity index (χ3n) is 3.60. The first-order chi connectivity index (χ1) is 9.76. The Bertz CT molecular complexity index is 324. The van der Waals surface area contributed by atoms with E-state index in [1.54, 1.807) is 0 Å². The maximum atomic E-state index is 12.2. The topological polar surface area (TPSA) is 56.8 Å².